The first kappa shape index (κ1) is 18.3. The molecule has 6 nitrogen and oxygen atoms in total. The van der Waals surface area contributed by atoms with Crippen molar-refractivity contribution in [2.75, 3.05) is 13.1 Å². The molecule has 1 saturated heterocycles. The Bertz CT molecular complexity index is 949. The molecule has 1 fully saturated rings. The number of hydrogen-bond acceptors (Lipinski definition) is 4. The maximum atomic E-state index is 12.7. The van der Waals surface area contributed by atoms with Gasteiger partial charge in [-0.15, -0.1) is 0 Å². The van der Waals surface area contributed by atoms with Gasteiger partial charge in [0.15, 0.2) is 0 Å². The van der Waals surface area contributed by atoms with E-state index in [9.17, 15) is 4.79 Å². The highest BCUT2D eigenvalue weighted by atomic mass is 16.2. The minimum absolute atomic E-state index is 0.0813. The second kappa shape index (κ2) is 7.92. The van der Waals surface area contributed by atoms with Gasteiger partial charge in [-0.3, -0.25) is 14.8 Å². The van der Waals surface area contributed by atoms with Crippen molar-refractivity contribution in [3.8, 4) is 11.4 Å². The fourth-order valence-electron chi connectivity index (χ4n) is 3.86. The lowest BCUT2D eigenvalue weighted by Gasteiger charge is -2.33. The van der Waals surface area contributed by atoms with Crippen molar-refractivity contribution in [3.63, 3.8) is 0 Å². The summed E-state index contributed by atoms with van der Waals surface area (Å²) in [6.07, 6.45) is 10.3. The number of nitrogens with zero attached hydrogens (tertiary/aromatic N) is 5. The molecule has 3 aromatic heterocycles. The van der Waals surface area contributed by atoms with Crippen LogP contribution in [0, 0.1) is 12.8 Å². The summed E-state index contributed by atoms with van der Waals surface area (Å²) in [5.74, 6) is 1.51. The van der Waals surface area contributed by atoms with Gasteiger partial charge < -0.3 is 9.47 Å². The van der Waals surface area contributed by atoms with E-state index >= 15 is 0 Å². The predicted octanol–water partition coefficient (Wildman–Crippen LogP) is 3.28. The van der Waals surface area contributed by atoms with Gasteiger partial charge in [-0.2, -0.15) is 0 Å². The van der Waals surface area contributed by atoms with Gasteiger partial charge >= 0.3 is 0 Å². The van der Waals surface area contributed by atoms with Crippen molar-refractivity contribution in [2.24, 2.45) is 13.0 Å². The number of aromatic nitrogens is 4. The summed E-state index contributed by atoms with van der Waals surface area (Å²) in [5.41, 5.74) is 3.84. The van der Waals surface area contributed by atoms with Gasteiger partial charge in [0.25, 0.3) is 5.91 Å². The number of piperidine rings is 1. The van der Waals surface area contributed by atoms with E-state index in [0.717, 1.165) is 49.6 Å². The lowest BCUT2D eigenvalue weighted by atomic mass is 9.91. The molecule has 0 aliphatic carbocycles. The monoisotopic (exact) mass is 375 g/mol. The number of aryl methyl sites for hydroxylation is 1. The van der Waals surface area contributed by atoms with Crippen LogP contribution >= 0.6 is 0 Å². The summed E-state index contributed by atoms with van der Waals surface area (Å²) in [5, 5.41) is 0. The van der Waals surface area contributed by atoms with E-state index in [1.165, 1.54) is 5.56 Å². The molecule has 4 rings (SSSR count). The molecule has 1 aliphatic heterocycles. The summed E-state index contributed by atoms with van der Waals surface area (Å²) in [6, 6.07) is 7.85. The highest BCUT2D eigenvalue weighted by molar-refractivity contribution is 5.93. The van der Waals surface area contributed by atoms with Crippen molar-refractivity contribution in [1.82, 2.24) is 24.4 Å². The zero-order valence-corrected chi connectivity index (χ0v) is 16.4. The minimum atomic E-state index is 0.0813. The average Bonchev–Trinajstić information content (AvgIpc) is 3.07. The Balaban J connectivity index is 1.41. The van der Waals surface area contributed by atoms with Crippen LogP contribution in [0.5, 0.6) is 0 Å². The lowest BCUT2D eigenvalue weighted by Crippen LogP contribution is -2.40. The number of pyridine rings is 2. The molecule has 0 aromatic carbocycles. The summed E-state index contributed by atoms with van der Waals surface area (Å²) in [6.45, 7) is 3.59. The van der Waals surface area contributed by atoms with Gasteiger partial charge in [0.2, 0.25) is 0 Å². The van der Waals surface area contributed by atoms with E-state index in [1.807, 2.05) is 48.0 Å². The Morgan fingerprint density at radius 2 is 2.07 bits per heavy atom. The summed E-state index contributed by atoms with van der Waals surface area (Å²) < 4.78 is 2.05. The Morgan fingerprint density at radius 1 is 1.18 bits per heavy atom. The van der Waals surface area contributed by atoms with Crippen molar-refractivity contribution in [3.05, 3.63) is 66.0 Å². The van der Waals surface area contributed by atoms with Crippen LogP contribution in [-0.4, -0.2) is 43.4 Å². The molecule has 0 saturated carbocycles. The maximum absolute atomic E-state index is 12.7. The Morgan fingerprint density at radius 3 is 2.75 bits per heavy atom. The third-order valence-electron chi connectivity index (χ3n) is 5.55. The molecule has 0 radical (unpaired) electrons. The molecule has 0 spiro atoms. The van der Waals surface area contributed by atoms with Crippen LogP contribution in [-0.2, 0) is 13.5 Å². The quantitative estimate of drug-likeness (QED) is 0.702. The number of hydrogen-bond donors (Lipinski definition) is 0. The van der Waals surface area contributed by atoms with Gasteiger partial charge in [0.05, 0.1) is 23.1 Å². The number of amides is 1. The number of imidazole rings is 1. The van der Waals surface area contributed by atoms with E-state index in [1.54, 1.807) is 12.4 Å². The first-order valence-electron chi connectivity index (χ1n) is 9.74. The fourth-order valence-corrected chi connectivity index (χ4v) is 3.86. The highest BCUT2D eigenvalue weighted by Crippen LogP contribution is 2.23. The van der Waals surface area contributed by atoms with E-state index in [4.69, 9.17) is 0 Å². The summed E-state index contributed by atoms with van der Waals surface area (Å²) >= 11 is 0. The molecule has 3 aromatic rings. The lowest BCUT2D eigenvalue weighted by molar-refractivity contribution is 0.0673. The molecule has 0 N–H and O–H groups in total. The Kier molecular flexibility index (Phi) is 5.19. The molecule has 1 amide bonds. The van der Waals surface area contributed by atoms with E-state index in [-0.39, 0.29) is 5.91 Å². The maximum Gasteiger partial charge on any atom is 0.255 e. The van der Waals surface area contributed by atoms with E-state index in [0.29, 0.717) is 11.5 Å². The van der Waals surface area contributed by atoms with E-state index in [2.05, 4.69) is 27.1 Å². The SMILES string of the molecule is Cc1ncc(-c2ccc(CC3CCCN(C(=O)c4cccnc4)C3)cn2)n1C. The first-order chi connectivity index (χ1) is 13.6. The van der Waals surface area contributed by atoms with Crippen molar-refractivity contribution < 1.29 is 4.79 Å². The minimum Gasteiger partial charge on any atom is -0.338 e. The third kappa shape index (κ3) is 3.81. The second-order valence-corrected chi connectivity index (χ2v) is 7.51. The zero-order chi connectivity index (χ0) is 19.5. The smallest absolute Gasteiger partial charge is 0.255 e. The Labute approximate surface area is 165 Å². The molecule has 1 unspecified atom stereocenters. The van der Waals surface area contributed by atoms with Gasteiger partial charge in [0, 0.05) is 38.7 Å². The molecule has 28 heavy (non-hydrogen) atoms. The van der Waals surface area contributed by atoms with Crippen LogP contribution in [0.25, 0.3) is 11.4 Å². The predicted molar refractivity (Wildman–Crippen MR) is 108 cm³/mol. The first-order valence-corrected chi connectivity index (χ1v) is 9.74. The number of rotatable bonds is 4. The largest absolute Gasteiger partial charge is 0.338 e. The molecule has 144 valence electrons. The molecule has 1 aliphatic rings. The topological polar surface area (TPSA) is 63.9 Å². The number of carbonyl (C=O) groups is 1. The van der Waals surface area contributed by atoms with Crippen LogP contribution in [0.15, 0.2) is 49.1 Å². The molecular weight excluding hydrogens is 350 g/mol. The second-order valence-electron chi connectivity index (χ2n) is 7.51. The van der Waals surface area contributed by atoms with Crippen molar-refractivity contribution in [2.45, 2.75) is 26.2 Å². The van der Waals surface area contributed by atoms with Crippen molar-refractivity contribution in [1.29, 1.82) is 0 Å². The molecule has 4 heterocycles. The highest BCUT2D eigenvalue weighted by Gasteiger charge is 2.24. The number of carbonyl (C=O) groups excluding carboxylic acids is 1. The Hall–Kier alpha value is -3.02. The average molecular weight is 375 g/mol. The van der Waals surface area contributed by atoms with Crippen LogP contribution < -0.4 is 0 Å². The van der Waals surface area contributed by atoms with Gasteiger partial charge in [-0.05, 0) is 55.9 Å². The van der Waals surface area contributed by atoms with Crippen LogP contribution in [0.2, 0.25) is 0 Å². The fraction of sp³-hybridized carbons (Fsp3) is 0.364. The van der Waals surface area contributed by atoms with Crippen LogP contribution in [0.1, 0.15) is 34.6 Å². The zero-order valence-electron chi connectivity index (χ0n) is 16.4. The van der Waals surface area contributed by atoms with Gasteiger partial charge in [-0.1, -0.05) is 6.07 Å². The van der Waals surface area contributed by atoms with Crippen LogP contribution in [0.4, 0.5) is 0 Å². The third-order valence-corrected chi connectivity index (χ3v) is 5.55. The van der Waals surface area contributed by atoms with E-state index < -0.39 is 0 Å². The van der Waals surface area contributed by atoms with Gasteiger partial charge in [0.1, 0.15) is 5.82 Å². The van der Waals surface area contributed by atoms with Crippen LogP contribution in [0.3, 0.4) is 0 Å². The normalized spacial score (nSPS) is 16.9. The number of likely N-dealkylation sites (tertiary alicyclic amines) is 1. The molecule has 0 bridgehead atoms. The summed E-state index contributed by atoms with van der Waals surface area (Å²) in [7, 11) is 2.00. The van der Waals surface area contributed by atoms with Crippen molar-refractivity contribution >= 4 is 5.91 Å². The molecule has 6 heteroatoms. The summed E-state index contributed by atoms with van der Waals surface area (Å²) in [4.78, 5) is 27.7. The molecular formula is C22H25N5O. The molecule has 1 atom stereocenters. The standard InChI is InChI=1S/C22H25N5O/c1-16-24-14-21(26(16)2)20-8-7-17(12-25-20)11-18-5-4-10-27(15-18)22(28)19-6-3-9-23-13-19/h3,6-9,12-14,18H,4-5,10-11,15H2,1-2H3. The van der Waals surface area contributed by atoms with Gasteiger partial charge in [-0.25, -0.2) is 4.98 Å².